The number of hydrazine groups is 1. The zero-order chi connectivity index (χ0) is 21.6. The summed E-state index contributed by atoms with van der Waals surface area (Å²) in [6.07, 6.45) is 0. The summed E-state index contributed by atoms with van der Waals surface area (Å²) < 4.78 is 5.46. The Morgan fingerprint density at radius 3 is 2.19 bits per heavy atom. The molecule has 1 heterocycles. The lowest BCUT2D eigenvalue weighted by Crippen LogP contribution is -2.44. The van der Waals surface area contributed by atoms with Crippen LogP contribution in [0.25, 0.3) is 21.9 Å². The number of nitrogens with one attached hydrogen (secondary N) is 3. The molecule has 2 amide bonds. The van der Waals surface area contributed by atoms with Gasteiger partial charge in [0.05, 0.1) is 5.39 Å². The molecule has 0 saturated heterocycles. The summed E-state index contributed by atoms with van der Waals surface area (Å²) in [5.74, 6) is -0.684. The SMILES string of the molecule is O=C(COc1ccc(-c2ccccc2)cc1)NNC(=O)c1n[nH]c(=O)c2ccccc12. The summed E-state index contributed by atoms with van der Waals surface area (Å²) in [6.45, 7) is -0.287. The van der Waals surface area contributed by atoms with Crippen molar-refractivity contribution in [2.24, 2.45) is 0 Å². The van der Waals surface area contributed by atoms with E-state index in [4.69, 9.17) is 4.74 Å². The first-order valence-electron chi connectivity index (χ1n) is 9.47. The fourth-order valence-corrected chi connectivity index (χ4v) is 3.03. The quantitative estimate of drug-likeness (QED) is 0.434. The maximum Gasteiger partial charge on any atom is 0.290 e. The molecule has 0 bridgehead atoms. The van der Waals surface area contributed by atoms with Gasteiger partial charge in [-0.3, -0.25) is 25.2 Å². The topological polar surface area (TPSA) is 113 Å². The van der Waals surface area contributed by atoms with E-state index >= 15 is 0 Å². The van der Waals surface area contributed by atoms with Crippen LogP contribution in [0.15, 0.2) is 83.7 Å². The van der Waals surface area contributed by atoms with Gasteiger partial charge in [-0.05, 0) is 29.3 Å². The minimum atomic E-state index is -0.659. The van der Waals surface area contributed by atoms with Gasteiger partial charge < -0.3 is 4.74 Å². The van der Waals surface area contributed by atoms with Gasteiger partial charge in [0, 0.05) is 5.39 Å². The minimum absolute atomic E-state index is 0.00656. The zero-order valence-electron chi connectivity index (χ0n) is 16.3. The number of nitrogens with zero attached hydrogens (tertiary/aromatic N) is 1. The second-order valence-electron chi connectivity index (χ2n) is 6.63. The molecular weight excluding hydrogens is 396 g/mol. The number of fused-ring (bicyclic) bond motifs is 1. The van der Waals surface area contributed by atoms with Crippen molar-refractivity contribution in [1.82, 2.24) is 21.0 Å². The monoisotopic (exact) mass is 414 g/mol. The highest BCUT2D eigenvalue weighted by Crippen LogP contribution is 2.22. The molecule has 4 rings (SSSR count). The summed E-state index contributed by atoms with van der Waals surface area (Å²) in [4.78, 5) is 36.2. The predicted octanol–water partition coefficient (Wildman–Crippen LogP) is 2.43. The van der Waals surface area contributed by atoms with E-state index in [0.29, 0.717) is 16.5 Å². The number of hydrogen-bond donors (Lipinski definition) is 3. The van der Waals surface area contributed by atoms with Gasteiger partial charge in [-0.1, -0.05) is 60.7 Å². The van der Waals surface area contributed by atoms with Crippen LogP contribution in [-0.4, -0.2) is 28.6 Å². The largest absolute Gasteiger partial charge is 0.484 e. The first-order chi connectivity index (χ1) is 15.1. The average Bonchev–Trinajstić information content (AvgIpc) is 2.82. The molecule has 0 aliphatic rings. The maximum absolute atomic E-state index is 12.4. The molecule has 3 N–H and O–H groups in total. The highest BCUT2D eigenvalue weighted by molar-refractivity contribution is 6.05. The number of aromatic amines is 1. The van der Waals surface area contributed by atoms with Gasteiger partial charge >= 0.3 is 0 Å². The molecule has 0 atom stereocenters. The van der Waals surface area contributed by atoms with Crippen LogP contribution in [0, 0.1) is 0 Å². The van der Waals surface area contributed by atoms with E-state index in [1.165, 1.54) is 0 Å². The summed E-state index contributed by atoms with van der Waals surface area (Å²) in [6, 6.07) is 23.8. The standard InChI is InChI=1S/C23H18N4O4/c28-20(14-31-17-12-10-16(11-13-17)15-6-2-1-3-7-15)24-27-23(30)21-18-8-4-5-9-19(18)22(29)26-25-21/h1-13H,14H2,(H,24,28)(H,26,29)(H,27,30). The minimum Gasteiger partial charge on any atom is -0.484 e. The van der Waals surface area contributed by atoms with E-state index in [2.05, 4.69) is 21.0 Å². The third-order valence-corrected chi connectivity index (χ3v) is 4.56. The second-order valence-corrected chi connectivity index (χ2v) is 6.63. The molecule has 8 heteroatoms. The van der Waals surface area contributed by atoms with Crippen molar-refractivity contribution in [3.8, 4) is 16.9 Å². The number of H-pyrrole nitrogens is 1. The number of ether oxygens (including phenoxy) is 1. The number of benzene rings is 3. The van der Waals surface area contributed by atoms with Gasteiger partial charge in [0.15, 0.2) is 12.3 Å². The molecule has 0 spiro atoms. The van der Waals surface area contributed by atoms with Crippen molar-refractivity contribution < 1.29 is 14.3 Å². The summed E-state index contributed by atoms with van der Waals surface area (Å²) in [5, 5.41) is 6.76. The molecule has 31 heavy (non-hydrogen) atoms. The molecular formula is C23H18N4O4. The Morgan fingerprint density at radius 2 is 1.45 bits per heavy atom. The average molecular weight is 414 g/mol. The van der Waals surface area contributed by atoms with Crippen LogP contribution in [0.5, 0.6) is 5.75 Å². The molecule has 0 radical (unpaired) electrons. The molecule has 0 unspecified atom stereocenters. The Kier molecular flexibility index (Phi) is 5.70. The summed E-state index contributed by atoms with van der Waals surface area (Å²) in [7, 11) is 0. The van der Waals surface area contributed by atoms with Crippen LogP contribution in [0.2, 0.25) is 0 Å². The van der Waals surface area contributed by atoms with Crippen LogP contribution in [0.3, 0.4) is 0 Å². The Bertz CT molecular complexity index is 1280. The smallest absolute Gasteiger partial charge is 0.290 e. The molecule has 0 aliphatic heterocycles. The summed E-state index contributed by atoms with van der Waals surface area (Å²) >= 11 is 0. The van der Waals surface area contributed by atoms with Crippen molar-refractivity contribution >= 4 is 22.6 Å². The highest BCUT2D eigenvalue weighted by Gasteiger charge is 2.14. The van der Waals surface area contributed by atoms with E-state index in [0.717, 1.165) is 11.1 Å². The lowest BCUT2D eigenvalue weighted by atomic mass is 10.1. The molecule has 8 nitrogen and oxygen atoms in total. The van der Waals surface area contributed by atoms with Crippen LogP contribution < -0.4 is 21.1 Å². The van der Waals surface area contributed by atoms with Crippen molar-refractivity contribution in [3.05, 3.63) is 94.9 Å². The van der Waals surface area contributed by atoms with Gasteiger partial charge in [-0.25, -0.2) is 5.10 Å². The van der Waals surface area contributed by atoms with Crippen LogP contribution >= 0.6 is 0 Å². The number of rotatable bonds is 5. The van der Waals surface area contributed by atoms with E-state index in [1.807, 2.05) is 42.5 Å². The van der Waals surface area contributed by atoms with Crippen LogP contribution in [0.1, 0.15) is 10.5 Å². The fourth-order valence-electron chi connectivity index (χ4n) is 3.03. The Morgan fingerprint density at radius 1 is 0.806 bits per heavy atom. The maximum atomic E-state index is 12.4. The normalized spacial score (nSPS) is 10.5. The van der Waals surface area contributed by atoms with E-state index in [1.54, 1.807) is 36.4 Å². The number of carbonyl (C=O) groups excluding carboxylic acids is 2. The molecule has 0 fully saturated rings. The summed E-state index contributed by atoms with van der Waals surface area (Å²) in [5.41, 5.74) is 6.25. The Labute approximate surface area is 176 Å². The van der Waals surface area contributed by atoms with Crippen LogP contribution in [0.4, 0.5) is 0 Å². The molecule has 3 aromatic carbocycles. The van der Waals surface area contributed by atoms with Crippen LogP contribution in [-0.2, 0) is 4.79 Å². The fraction of sp³-hybridized carbons (Fsp3) is 0.0435. The number of hydrogen-bond acceptors (Lipinski definition) is 5. The van der Waals surface area contributed by atoms with Crippen molar-refractivity contribution in [2.75, 3.05) is 6.61 Å². The Hall–Kier alpha value is -4.46. The van der Waals surface area contributed by atoms with Crippen molar-refractivity contribution in [3.63, 3.8) is 0 Å². The second kappa shape index (κ2) is 8.91. The third kappa shape index (κ3) is 4.59. The first kappa shape index (κ1) is 19.8. The Balaban J connectivity index is 1.32. The van der Waals surface area contributed by atoms with Gasteiger partial charge in [0.25, 0.3) is 17.4 Å². The van der Waals surface area contributed by atoms with E-state index < -0.39 is 17.4 Å². The predicted molar refractivity (Wildman–Crippen MR) is 115 cm³/mol. The molecule has 154 valence electrons. The zero-order valence-corrected chi connectivity index (χ0v) is 16.3. The van der Waals surface area contributed by atoms with E-state index in [9.17, 15) is 14.4 Å². The van der Waals surface area contributed by atoms with Crippen molar-refractivity contribution in [1.29, 1.82) is 0 Å². The number of amides is 2. The van der Waals surface area contributed by atoms with Gasteiger partial charge in [0.1, 0.15) is 5.75 Å². The van der Waals surface area contributed by atoms with Gasteiger partial charge in [-0.2, -0.15) is 5.10 Å². The highest BCUT2D eigenvalue weighted by atomic mass is 16.5. The van der Waals surface area contributed by atoms with Gasteiger partial charge in [0.2, 0.25) is 0 Å². The number of carbonyl (C=O) groups is 2. The molecule has 0 aliphatic carbocycles. The third-order valence-electron chi connectivity index (χ3n) is 4.56. The first-order valence-corrected chi connectivity index (χ1v) is 9.47. The van der Waals surface area contributed by atoms with E-state index in [-0.39, 0.29) is 12.3 Å². The lowest BCUT2D eigenvalue weighted by molar-refractivity contribution is -0.123. The molecule has 4 aromatic rings. The lowest BCUT2D eigenvalue weighted by Gasteiger charge is -2.10. The molecule has 0 saturated carbocycles. The van der Waals surface area contributed by atoms with Crippen molar-refractivity contribution in [2.45, 2.75) is 0 Å². The van der Waals surface area contributed by atoms with Gasteiger partial charge in [-0.15, -0.1) is 0 Å². The number of aromatic nitrogens is 2. The molecule has 1 aromatic heterocycles.